The number of H-pyrrole nitrogens is 1. The highest BCUT2D eigenvalue weighted by Gasteiger charge is 2.30. The molecular weight excluding hydrogens is 321 g/mol. The Morgan fingerprint density at radius 2 is 1.79 bits per heavy atom. The summed E-state index contributed by atoms with van der Waals surface area (Å²) in [6.45, 7) is 0. The summed E-state index contributed by atoms with van der Waals surface area (Å²) in [7, 11) is 0. The predicted octanol–water partition coefficient (Wildman–Crippen LogP) is 3.65. The molecule has 0 aliphatic rings. The lowest BCUT2D eigenvalue weighted by molar-refractivity contribution is -0.137. The van der Waals surface area contributed by atoms with Crippen LogP contribution in [0.15, 0.2) is 59.4 Å². The molecular formula is C17H13F3N2O2. The van der Waals surface area contributed by atoms with E-state index in [-0.39, 0.29) is 11.2 Å². The van der Waals surface area contributed by atoms with Crippen molar-refractivity contribution in [1.82, 2.24) is 4.98 Å². The van der Waals surface area contributed by atoms with Crippen molar-refractivity contribution in [2.24, 2.45) is 0 Å². The van der Waals surface area contributed by atoms with Gasteiger partial charge >= 0.3 is 6.18 Å². The maximum absolute atomic E-state index is 12.8. The lowest BCUT2D eigenvalue weighted by atomic mass is 10.1. The molecule has 0 spiro atoms. The summed E-state index contributed by atoms with van der Waals surface area (Å²) < 4.78 is 38.3. The minimum atomic E-state index is -4.46. The fourth-order valence-electron chi connectivity index (χ4n) is 2.47. The van der Waals surface area contributed by atoms with E-state index in [1.54, 1.807) is 24.3 Å². The van der Waals surface area contributed by atoms with Gasteiger partial charge in [0.15, 0.2) is 6.23 Å². The van der Waals surface area contributed by atoms with Gasteiger partial charge in [0.25, 0.3) is 0 Å². The minimum Gasteiger partial charge on any atom is -0.369 e. The molecule has 3 N–H and O–H groups in total. The van der Waals surface area contributed by atoms with Crippen molar-refractivity contribution < 1.29 is 18.3 Å². The lowest BCUT2D eigenvalue weighted by Crippen LogP contribution is -2.12. The van der Waals surface area contributed by atoms with Crippen LogP contribution in [-0.2, 0) is 6.18 Å². The quantitative estimate of drug-likeness (QED) is 0.641. The maximum atomic E-state index is 12.8. The zero-order valence-electron chi connectivity index (χ0n) is 12.3. The molecule has 1 aromatic heterocycles. The second kappa shape index (κ2) is 6.01. The van der Waals surface area contributed by atoms with Gasteiger partial charge in [-0.1, -0.05) is 18.2 Å². The molecule has 0 fully saturated rings. The van der Waals surface area contributed by atoms with Crippen LogP contribution in [0.5, 0.6) is 0 Å². The van der Waals surface area contributed by atoms with Crippen molar-refractivity contribution in [3.05, 3.63) is 76.1 Å². The monoisotopic (exact) mass is 334 g/mol. The standard InChI is InChI=1S/C17H13F3N2O2/c18-17(19,20)10-3-1-4-11(9-10)21-16(24)13-5-2-6-14-12(13)7-8-15(23)22-14/h1-9,16,21,24H,(H,22,23). The topological polar surface area (TPSA) is 65.1 Å². The molecule has 1 unspecified atom stereocenters. The fourth-order valence-corrected chi connectivity index (χ4v) is 2.47. The van der Waals surface area contributed by atoms with Crippen LogP contribution in [0.2, 0.25) is 0 Å². The number of hydrogen-bond acceptors (Lipinski definition) is 3. The summed E-state index contributed by atoms with van der Waals surface area (Å²) in [5, 5.41) is 13.6. The highest BCUT2D eigenvalue weighted by molar-refractivity contribution is 5.82. The number of anilines is 1. The van der Waals surface area contributed by atoms with E-state index in [2.05, 4.69) is 10.3 Å². The lowest BCUT2D eigenvalue weighted by Gasteiger charge is -2.17. The Morgan fingerprint density at radius 1 is 1.04 bits per heavy atom. The van der Waals surface area contributed by atoms with E-state index in [1.807, 2.05) is 0 Å². The Kier molecular flexibility index (Phi) is 4.02. The highest BCUT2D eigenvalue weighted by atomic mass is 19.4. The number of alkyl halides is 3. The summed E-state index contributed by atoms with van der Waals surface area (Å²) >= 11 is 0. The van der Waals surface area contributed by atoms with Crippen molar-refractivity contribution in [3.63, 3.8) is 0 Å². The molecule has 0 saturated carbocycles. The van der Waals surface area contributed by atoms with E-state index in [4.69, 9.17) is 0 Å². The van der Waals surface area contributed by atoms with Gasteiger partial charge < -0.3 is 15.4 Å². The van der Waals surface area contributed by atoms with Gasteiger partial charge in [0, 0.05) is 28.2 Å². The van der Waals surface area contributed by atoms with Crippen molar-refractivity contribution in [3.8, 4) is 0 Å². The SMILES string of the molecule is O=c1ccc2c(C(O)Nc3cccc(C(F)(F)F)c3)cccc2[nH]1. The van der Waals surface area contributed by atoms with Crippen molar-refractivity contribution in [2.75, 3.05) is 5.32 Å². The predicted molar refractivity (Wildman–Crippen MR) is 84.6 cm³/mol. The number of fused-ring (bicyclic) bond motifs is 1. The molecule has 0 aliphatic heterocycles. The Morgan fingerprint density at radius 3 is 2.54 bits per heavy atom. The van der Waals surface area contributed by atoms with Gasteiger partial charge in [-0.15, -0.1) is 0 Å². The summed E-state index contributed by atoms with van der Waals surface area (Å²) in [5.74, 6) is 0. The molecule has 0 radical (unpaired) electrons. The normalized spacial score (nSPS) is 13.0. The minimum absolute atomic E-state index is 0.138. The third kappa shape index (κ3) is 3.26. The molecule has 0 amide bonds. The van der Waals surface area contributed by atoms with Crippen LogP contribution in [0.3, 0.4) is 0 Å². The molecule has 4 nitrogen and oxygen atoms in total. The Balaban J connectivity index is 1.93. The number of hydrogen-bond donors (Lipinski definition) is 3. The summed E-state index contributed by atoms with van der Waals surface area (Å²) in [5.41, 5.74) is 0.0340. The van der Waals surface area contributed by atoms with E-state index in [1.165, 1.54) is 18.2 Å². The number of aromatic nitrogens is 1. The largest absolute Gasteiger partial charge is 0.416 e. The molecule has 124 valence electrons. The van der Waals surface area contributed by atoms with Gasteiger partial charge in [0.05, 0.1) is 5.56 Å². The van der Waals surface area contributed by atoms with E-state index < -0.39 is 18.0 Å². The van der Waals surface area contributed by atoms with E-state index >= 15 is 0 Å². The third-order valence-corrected chi connectivity index (χ3v) is 3.59. The molecule has 0 bridgehead atoms. The van der Waals surface area contributed by atoms with Crippen LogP contribution in [0.4, 0.5) is 18.9 Å². The maximum Gasteiger partial charge on any atom is 0.416 e. The fraction of sp³-hybridized carbons (Fsp3) is 0.118. The van der Waals surface area contributed by atoms with Gasteiger partial charge in [0.2, 0.25) is 5.56 Å². The van der Waals surface area contributed by atoms with Gasteiger partial charge in [0.1, 0.15) is 0 Å². The van der Waals surface area contributed by atoms with Crippen molar-refractivity contribution >= 4 is 16.6 Å². The van der Waals surface area contributed by atoms with Gasteiger partial charge in [-0.2, -0.15) is 13.2 Å². The first kappa shape index (κ1) is 16.1. The molecule has 0 saturated heterocycles. The molecule has 24 heavy (non-hydrogen) atoms. The molecule has 1 atom stereocenters. The van der Waals surface area contributed by atoms with Gasteiger partial charge in [-0.3, -0.25) is 4.79 Å². The second-order valence-electron chi connectivity index (χ2n) is 5.26. The third-order valence-electron chi connectivity index (χ3n) is 3.59. The van der Waals surface area contributed by atoms with Crippen molar-refractivity contribution in [1.29, 1.82) is 0 Å². The van der Waals surface area contributed by atoms with Crippen LogP contribution in [-0.4, -0.2) is 10.1 Å². The molecule has 3 aromatic rings. The smallest absolute Gasteiger partial charge is 0.369 e. The number of pyridine rings is 1. The van der Waals surface area contributed by atoms with Gasteiger partial charge in [-0.05, 0) is 30.3 Å². The van der Waals surface area contributed by atoms with Crippen LogP contribution in [0.25, 0.3) is 10.9 Å². The van der Waals surface area contributed by atoms with E-state index in [9.17, 15) is 23.1 Å². The summed E-state index contributed by atoms with van der Waals surface area (Å²) in [6.07, 6.45) is -5.69. The van der Waals surface area contributed by atoms with Crippen LogP contribution >= 0.6 is 0 Å². The molecule has 3 rings (SSSR count). The number of aromatic amines is 1. The molecule has 0 aliphatic carbocycles. The second-order valence-corrected chi connectivity index (χ2v) is 5.26. The summed E-state index contributed by atoms with van der Waals surface area (Å²) in [6, 6.07) is 12.4. The van der Waals surface area contributed by atoms with E-state index in [0.29, 0.717) is 16.5 Å². The zero-order chi connectivity index (χ0) is 17.3. The first-order valence-electron chi connectivity index (χ1n) is 7.08. The average Bonchev–Trinajstić information content (AvgIpc) is 2.53. The first-order valence-corrected chi connectivity index (χ1v) is 7.08. The summed E-state index contributed by atoms with van der Waals surface area (Å²) in [4.78, 5) is 14.0. The highest BCUT2D eigenvalue weighted by Crippen LogP contribution is 2.31. The Labute approximate surface area is 134 Å². The number of aliphatic hydroxyl groups excluding tert-OH is 1. The first-order chi connectivity index (χ1) is 11.3. The van der Waals surface area contributed by atoms with Crippen molar-refractivity contribution in [2.45, 2.75) is 12.4 Å². The number of halogens is 3. The number of benzene rings is 2. The van der Waals surface area contributed by atoms with Crippen LogP contribution < -0.4 is 10.9 Å². The van der Waals surface area contributed by atoms with Crippen LogP contribution in [0.1, 0.15) is 17.4 Å². The molecule has 1 heterocycles. The van der Waals surface area contributed by atoms with Crippen LogP contribution in [0, 0.1) is 0 Å². The number of aliphatic hydroxyl groups is 1. The van der Waals surface area contributed by atoms with E-state index in [0.717, 1.165) is 12.1 Å². The zero-order valence-corrected chi connectivity index (χ0v) is 12.3. The molecule has 7 heteroatoms. The number of nitrogens with one attached hydrogen (secondary N) is 2. The molecule has 2 aromatic carbocycles. The Hall–Kier alpha value is -2.80. The number of rotatable bonds is 3. The average molecular weight is 334 g/mol. The van der Waals surface area contributed by atoms with Gasteiger partial charge in [-0.25, -0.2) is 0 Å². The Bertz CT molecular complexity index is 935.